The highest BCUT2D eigenvalue weighted by Crippen LogP contribution is 2.13. The molecule has 0 amide bonds. The van der Waals surface area contributed by atoms with Crippen LogP contribution in [-0.2, 0) is 4.79 Å². The van der Waals surface area contributed by atoms with Gasteiger partial charge in [0.2, 0.25) is 0 Å². The van der Waals surface area contributed by atoms with Crippen molar-refractivity contribution in [3.05, 3.63) is 11.6 Å². The van der Waals surface area contributed by atoms with Crippen molar-refractivity contribution in [2.75, 3.05) is 0 Å². The molecule has 1 heteroatoms. The Morgan fingerprint density at radius 2 is 1.93 bits per heavy atom. The van der Waals surface area contributed by atoms with E-state index in [4.69, 9.17) is 0 Å². The van der Waals surface area contributed by atoms with Gasteiger partial charge < -0.3 is 0 Å². The Kier molecular flexibility index (Phi) is 7.45. The number of carbonyl (C=O) groups is 1. The van der Waals surface area contributed by atoms with Gasteiger partial charge in [0.05, 0.1) is 0 Å². The zero-order valence-corrected chi connectivity index (χ0v) is 10.0. The van der Waals surface area contributed by atoms with E-state index in [0.29, 0.717) is 5.92 Å². The van der Waals surface area contributed by atoms with Crippen LogP contribution in [0.4, 0.5) is 0 Å². The van der Waals surface area contributed by atoms with Gasteiger partial charge in [-0.1, -0.05) is 40.2 Å². The molecule has 0 aliphatic rings. The Balaban J connectivity index is 3.87. The standard InChI is InChI=1S/C13H24O/c1-5-12(4)7-6-8-13(10-14)9-11(2)3/h8,10-12H,5-7,9H2,1-4H3/b13-8-. The molecule has 0 heterocycles. The lowest BCUT2D eigenvalue weighted by Gasteiger charge is -2.06. The summed E-state index contributed by atoms with van der Waals surface area (Å²) in [6, 6.07) is 0. The van der Waals surface area contributed by atoms with Crippen molar-refractivity contribution < 1.29 is 4.79 Å². The third-order valence-electron chi connectivity index (χ3n) is 2.56. The van der Waals surface area contributed by atoms with Crippen LogP contribution in [0.1, 0.15) is 53.4 Å². The van der Waals surface area contributed by atoms with Crippen molar-refractivity contribution in [1.82, 2.24) is 0 Å². The summed E-state index contributed by atoms with van der Waals surface area (Å²) in [5, 5.41) is 0. The summed E-state index contributed by atoms with van der Waals surface area (Å²) >= 11 is 0. The first-order valence-corrected chi connectivity index (χ1v) is 5.74. The lowest BCUT2D eigenvalue weighted by atomic mass is 9.99. The van der Waals surface area contributed by atoms with Crippen LogP contribution in [0.3, 0.4) is 0 Å². The van der Waals surface area contributed by atoms with Crippen LogP contribution in [0.25, 0.3) is 0 Å². The topological polar surface area (TPSA) is 17.1 Å². The van der Waals surface area contributed by atoms with Crippen LogP contribution in [0.5, 0.6) is 0 Å². The first-order chi connectivity index (χ1) is 6.60. The Morgan fingerprint density at radius 3 is 2.36 bits per heavy atom. The van der Waals surface area contributed by atoms with Crippen molar-refractivity contribution in [1.29, 1.82) is 0 Å². The number of carbonyl (C=O) groups excluding carboxylic acids is 1. The summed E-state index contributed by atoms with van der Waals surface area (Å²) in [7, 11) is 0. The largest absolute Gasteiger partial charge is 0.298 e. The lowest BCUT2D eigenvalue weighted by molar-refractivity contribution is -0.105. The normalized spacial score (nSPS) is 14.5. The summed E-state index contributed by atoms with van der Waals surface area (Å²) in [6.07, 6.45) is 7.52. The van der Waals surface area contributed by atoms with Gasteiger partial charge in [0.1, 0.15) is 6.29 Å². The average Bonchev–Trinajstić information content (AvgIpc) is 2.15. The van der Waals surface area contributed by atoms with E-state index in [2.05, 4.69) is 33.8 Å². The molecule has 1 atom stereocenters. The van der Waals surface area contributed by atoms with Gasteiger partial charge in [-0.15, -0.1) is 0 Å². The van der Waals surface area contributed by atoms with E-state index >= 15 is 0 Å². The van der Waals surface area contributed by atoms with E-state index in [1.165, 1.54) is 12.8 Å². The second kappa shape index (κ2) is 7.78. The molecule has 0 fully saturated rings. The molecule has 1 unspecified atom stereocenters. The molecule has 0 spiro atoms. The van der Waals surface area contributed by atoms with Crippen LogP contribution in [0, 0.1) is 11.8 Å². The van der Waals surface area contributed by atoms with E-state index in [0.717, 1.165) is 30.6 Å². The van der Waals surface area contributed by atoms with Crippen LogP contribution in [0.2, 0.25) is 0 Å². The molecule has 14 heavy (non-hydrogen) atoms. The van der Waals surface area contributed by atoms with Gasteiger partial charge in [0.25, 0.3) is 0 Å². The van der Waals surface area contributed by atoms with Crippen molar-refractivity contribution in [3.8, 4) is 0 Å². The number of aldehydes is 1. The molecule has 0 aromatic rings. The number of allylic oxidation sites excluding steroid dienone is 2. The maximum Gasteiger partial charge on any atom is 0.145 e. The molecule has 0 aromatic carbocycles. The van der Waals surface area contributed by atoms with E-state index in [9.17, 15) is 4.79 Å². The summed E-state index contributed by atoms with van der Waals surface area (Å²) in [6.45, 7) is 8.76. The average molecular weight is 196 g/mol. The zero-order valence-electron chi connectivity index (χ0n) is 10.0. The van der Waals surface area contributed by atoms with Gasteiger partial charge in [-0.05, 0) is 36.7 Å². The van der Waals surface area contributed by atoms with Crippen LogP contribution >= 0.6 is 0 Å². The zero-order chi connectivity index (χ0) is 11.0. The smallest absolute Gasteiger partial charge is 0.145 e. The minimum atomic E-state index is 0.579. The minimum Gasteiger partial charge on any atom is -0.298 e. The quantitative estimate of drug-likeness (QED) is 0.444. The summed E-state index contributed by atoms with van der Waals surface area (Å²) < 4.78 is 0. The molecule has 0 rings (SSSR count). The molecule has 0 aliphatic heterocycles. The number of rotatable bonds is 7. The highest BCUT2D eigenvalue weighted by atomic mass is 16.1. The fraction of sp³-hybridized carbons (Fsp3) is 0.769. The molecule has 0 saturated heterocycles. The predicted octanol–water partition coefficient (Wildman–Crippen LogP) is 3.98. The third-order valence-corrected chi connectivity index (χ3v) is 2.56. The molecule has 0 aromatic heterocycles. The first kappa shape index (κ1) is 13.4. The molecule has 0 radical (unpaired) electrons. The molecule has 0 aliphatic carbocycles. The minimum absolute atomic E-state index is 0.579. The van der Waals surface area contributed by atoms with Gasteiger partial charge in [-0.2, -0.15) is 0 Å². The fourth-order valence-corrected chi connectivity index (χ4v) is 1.41. The fourth-order valence-electron chi connectivity index (χ4n) is 1.41. The second-order valence-electron chi connectivity index (χ2n) is 4.59. The van der Waals surface area contributed by atoms with Crippen molar-refractivity contribution in [2.24, 2.45) is 11.8 Å². The summed E-state index contributed by atoms with van der Waals surface area (Å²) in [5.41, 5.74) is 0.975. The first-order valence-electron chi connectivity index (χ1n) is 5.74. The molecule has 0 bridgehead atoms. The Morgan fingerprint density at radius 1 is 1.29 bits per heavy atom. The molecular weight excluding hydrogens is 172 g/mol. The molecule has 0 saturated carbocycles. The van der Waals surface area contributed by atoms with E-state index in [-0.39, 0.29) is 0 Å². The molecular formula is C13H24O. The molecule has 82 valence electrons. The molecule has 1 nitrogen and oxygen atoms in total. The molecule has 0 N–H and O–H groups in total. The highest BCUT2D eigenvalue weighted by Gasteiger charge is 2.01. The third kappa shape index (κ3) is 6.88. The van der Waals surface area contributed by atoms with Crippen LogP contribution < -0.4 is 0 Å². The van der Waals surface area contributed by atoms with Crippen LogP contribution in [0.15, 0.2) is 11.6 Å². The van der Waals surface area contributed by atoms with Gasteiger partial charge in [-0.25, -0.2) is 0 Å². The Labute approximate surface area is 88.6 Å². The summed E-state index contributed by atoms with van der Waals surface area (Å²) in [4.78, 5) is 10.7. The lowest BCUT2D eigenvalue weighted by Crippen LogP contribution is -1.95. The van der Waals surface area contributed by atoms with Crippen molar-refractivity contribution >= 4 is 6.29 Å². The predicted molar refractivity (Wildman–Crippen MR) is 62.3 cm³/mol. The van der Waals surface area contributed by atoms with Gasteiger partial charge >= 0.3 is 0 Å². The number of hydrogen-bond acceptors (Lipinski definition) is 1. The van der Waals surface area contributed by atoms with Crippen molar-refractivity contribution in [2.45, 2.75) is 53.4 Å². The maximum absolute atomic E-state index is 10.7. The van der Waals surface area contributed by atoms with Gasteiger partial charge in [0.15, 0.2) is 0 Å². The SMILES string of the molecule is CCC(C)CC/C=C(\C=O)CC(C)C. The van der Waals surface area contributed by atoms with E-state index in [1.807, 2.05) is 0 Å². The second-order valence-corrected chi connectivity index (χ2v) is 4.59. The Hall–Kier alpha value is -0.590. The number of hydrogen-bond donors (Lipinski definition) is 0. The van der Waals surface area contributed by atoms with Gasteiger partial charge in [0, 0.05) is 0 Å². The monoisotopic (exact) mass is 196 g/mol. The highest BCUT2D eigenvalue weighted by molar-refractivity contribution is 5.72. The van der Waals surface area contributed by atoms with Gasteiger partial charge in [-0.3, -0.25) is 4.79 Å². The van der Waals surface area contributed by atoms with E-state index < -0.39 is 0 Å². The van der Waals surface area contributed by atoms with Crippen LogP contribution in [-0.4, -0.2) is 6.29 Å². The van der Waals surface area contributed by atoms with E-state index in [1.54, 1.807) is 0 Å². The summed E-state index contributed by atoms with van der Waals surface area (Å²) in [5.74, 6) is 1.35. The maximum atomic E-state index is 10.7. The Bertz CT molecular complexity index is 180. The van der Waals surface area contributed by atoms with Crippen molar-refractivity contribution in [3.63, 3.8) is 0 Å².